The number of imide groups is 2. The van der Waals surface area contributed by atoms with Crippen LogP contribution in [0.3, 0.4) is 0 Å². The zero-order valence-corrected chi connectivity index (χ0v) is 16.7. The highest BCUT2D eigenvalue weighted by atomic mass is 16.2. The quantitative estimate of drug-likeness (QED) is 0.537. The number of rotatable bonds is 2. The normalized spacial score (nSPS) is 16.1. The highest BCUT2D eigenvalue weighted by Crippen LogP contribution is 2.30. The van der Waals surface area contributed by atoms with Crippen molar-refractivity contribution in [1.29, 1.82) is 0 Å². The predicted octanol–water partition coefficient (Wildman–Crippen LogP) is 3.77. The second-order valence-electron chi connectivity index (χ2n) is 7.25. The molecule has 1 aliphatic rings. The lowest BCUT2D eigenvalue weighted by Gasteiger charge is -2.28. The van der Waals surface area contributed by atoms with Gasteiger partial charge in [0.15, 0.2) is 0 Å². The molecule has 0 aliphatic carbocycles. The SMILES string of the molecule is Cc1cccc(N2C(=O)NC(=O)/C(=C/c3c(C)n(C)c4ccccc34)C2=O)c1C. The highest BCUT2D eigenvalue weighted by Gasteiger charge is 2.37. The highest BCUT2D eigenvalue weighted by molar-refractivity contribution is 6.39. The Bertz CT molecular complexity index is 1230. The molecular formula is C23H21N3O3. The smallest absolute Gasteiger partial charge is 0.335 e. The lowest BCUT2D eigenvalue weighted by Crippen LogP contribution is -2.54. The molecule has 1 fully saturated rings. The fraction of sp³-hybridized carbons (Fsp3) is 0.174. The number of hydrogen-bond donors (Lipinski definition) is 1. The Balaban J connectivity index is 1.88. The Morgan fingerprint density at radius 1 is 0.931 bits per heavy atom. The fourth-order valence-electron chi connectivity index (χ4n) is 3.73. The third kappa shape index (κ3) is 2.84. The number of carbonyl (C=O) groups is 3. The van der Waals surface area contributed by atoms with Crippen LogP contribution in [0.4, 0.5) is 10.5 Å². The summed E-state index contributed by atoms with van der Waals surface area (Å²) in [6, 6.07) is 12.5. The van der Waals surface area contributed by atoms with E-state index in [-0.39, 0.29) is 5.57 Å². The number of nitrogens with one attached hydrogen (secondary N) is 1. The molecule has 1 aliphatic heterocycles. The summed E-state index contributed by atoms with van der Waals surface area (Å²) >= 11 is 0. The molecule has 1 saturated heterocycles. The molecule has 0 saturated carbocycles. The Kier molecular flexibility index (Phi) is 4.34. The molecule has 146 valence electrons. The number of para-hydroxylation sites is 1. The second-order valence-corrected chi connectivity index (χ2v) is 7.25. The van der Waals surface area contributed by atoms with Crippen molar-refractivity contribution in [2.75, 3.05) is 4.90 Å². The van der Waals surface area contributed by atoms with Gasteiger partial charge in [0, 0.05) is 29.2 Å². The molecular weight excluding hydrogens is 366 g/mol. The van der Waals surface area contributed by atoms with Crippen molar-refractivity contribution in [2.24, 2.45) is 7.05 Å². The van der Waals surface area contributed by atoms with Crippen molar-refractivity contribution in [3.63, 3.8) is 0 Å². The number of amides is 4. The zero-order valence-electron chi connectivity index (χ0n) is 16.7. The maximum Gasteiger partial charge on any atom is 0.335 e. The number of aryl methyl sites for hydroxylation is 2. The number of benzene rings is 2. The van der Waals surface area contributed by atoms with Crippen LogP contribution < -0.4 is 10.2 Å². The van der Waals surface area contributed by atoms with Gasteiger partial charge in [0.25, 0.3) is 11.8 Å². The van der Waals surface area contributed by atoms with Crippen molar-refractivity contribution in [2.45, 2.75) is 20.8 Å². The van der Waals surface area contributed by atoms with E-state index in [0.717, 1.165) is 38.2 Å². The van der Waals surface area contributed by atoms with E-state index in [9.17, 15) is 14.4 Å². The van der Waals surface area contributed by atoms with Crippen molar-refractivity contribution >= 4 is 40.5 Å². The summed E-state index contributed by atoms with van der Waals surface area (Å²) in [5.74, 6) is -1.31. The van der Waals surface area contributed by atoms with Crippen LogP contribution in [-0.2, 0) is 16.6 Å². The maximum atomic E-state index is 13.2. The van der Waals surface area contributed by atoms with Crippen LogP contribution in [-0.4, -0.2) is 22.4 Å². The van der Waals surface area contributed by atoms with Gasteiger partial charge < -0.3 is 4.57 Å². The van der Waals surface area contributed by atoms with Crippen LogP contribution in [0.2, 0.25) is 0 Å². The number of hydrogen-bond acceptors (Lipinski definition) is 3. The Morgan fingerprint density at radius 2 is 1.66 bits per heavy atom. The van der Waals surface area contributed by atoms with Crippen molar-refractivity contribution in [3.05, 3.63) is 70.4 Å². The summed E-state index contributed by atoms with van der Waals surface area (Å²) < 4.78 is 2.01. The van der Waals surface area contributed by atoms with Gasteiger partial charge in [0.05, 0.1) is 5.69 Å². The molecule has 1 N–H and O–H groups in total. The largest absolute Gasteiger partial charge is 0.347 e. The van der Waals surface area contributed by atoms with Gasteiger partial charge >= 0.3 is 6.03 Å². The number of barbiturate groups is 1. The van der Waals surface area contributed by atoms with Gasteiger partial charge in [-0.15, -0.1) is 0 Å². The fourth-order valence-corrected chi connectivity index (χ4v) is 3.73. The van der Waals surface area contributed by atoms with Gasteiger partial charge in [-0.05, 0) is 50.1 Å². The van der Waals surface area contributed by atoms with Crippen LogP contribution in [0.25, 0.3) is 17.0 Å². The van der Waals surface area contributed by atoms with E-state index < -0.39 is 17.8 Å². The van der Waals surface area contributed by atoms with Crippen LogP contribution in [0.1, 0.15) is 22.4 Å². The lowest BCUT2D eigenvalue weighted by atomic mass is 10.0. The molecule has 29 heavy (non-hydrogen) atoms. The first-order valence-electron chi connectivity index (χ1n) is 9.33. The molecule has 0 unspecified atom stereocenters. The number of aromatic nitrogens is 1. The van der Waals surface area contributed by atoms with Gasteiger partial charge in [0.2, 0.25) is 0 Å². The van der Waals surface area contributed by atoms with E-state index in [1.54, 1.807) is 18.2 Å². The van der Waals surface area contributed by atoms with E-state index >= 15 is 0 Å². The van der Waals surface area contributed by atoms with Gasteiger partial charge in [-0.3, -0.25) is 14.9 Å². The monoisotopic (exact) mass is 387 g/mol. The summed E-state index contributed by atoms with van der Waals surface area (Å²) in [7, 11) is 1.94. The average Bonchev–Trinajstić information content (AvgIpc) is 2.93. The van der Waals surface area contributed by atoms with E-state index in [1.807, 2.05) is 62.7 Å². The minimum absolute atomic E-state index is 0.0649. The summed E-state index contributed by atoms with van der Waals surface area (Å²) in [5, 5.41) is 3.24. The van der Waals surface area contributed by atoms with Gasteiger partial charge in [-0.25, -0.2) is 9.69 Å². The molecule has 6 heteroatoms. The number of carbonyl (C=O) groups excluding carboxylic acids is 3. The van der Waals surface area contributed by atoms with Crippen LogP contribution in [0.5, 0.6) is 0 Å². The molecule has 2 aromatic carbocycles. The van der Waals surface area contributed by atoms with Crippen molar-refractivity contribution in [3.8, 4) is 0 Å². The van der Waals surface area contributed by atoms with E-state index in [2.05, 4.69) is 5.32 Å². The first-order valence-corrected chi connectivity index (χ1v) is 9.33. The molecule has 0 atom stereocenters. The van der Waals surface area contributed by atoms with Gasteiger partial charge in [-0.2, -0.15) is 0 Å². The van der Waals surface area contributed by atoms with Gasteiger partial charge in [0.1, 0.15) is 5.57 Å². The number of fused-ring (bicyclic) bond motifs is 1. The predicted molar refractivity (Wildman–Crippen MR) is 113 cm³/mol. The van der Waals surface area contributed by atoms with E-state index in [1.165, 1.54) is 0 Å². The Labute approximate surface area is 168 Å². The Morgan fingerprint density at radius 3 is 2.41 bits per heavy atom. The first-order chi connectivity index (χ1) is 13.8. The molecule has 6 nitrogen and oxygen atoms in total. The Hall–Kier alpha value is -3.67. The number of nitrogens with zero attached hydrogens (tertiary/aromatic N) is 2. The van der Waals surface area contributed by atoms with Crippen LogP contribution in [0.15, 0.2) is 48.0 Å². The molecule has 1 aromatic heterocycles. The van der Waals surface area contributed by atoms with Crippen molar-refractivity contribution in [1.82, 2.24) is 9.88 Å². The standard InChI is InChI=1S/C23H21N3O3/c1-13-8-7-11-19(14(13)2)26-22(28)18(21(27)24-23(26)29)12-17-15(3)25(4)20-10-6-5-9-16(17)20/h5-12H,1-4H3,(H,24,27,29)/b18-12-. The van der Waals surface area contributed by atoms with Gasteiger partial charge in [-0.1, -0.05) is 30.3 Å². The molecule has 2 heterocycles. The van der Waals surface area contributed by atoms with Crippen molar-refractivity contribution < 1.29 is 14.4 Å². The molecule has 0 bridgehead atoms. The second kappa shape index (κ2) is 6.74. The van der Waals surface area contributed by atoms with E-state index in [0.29, 0.717) is 5.69 Å². The summed E-state index contributed by atoms with van der Waals surface area (Å²) in [6.45, 7) is 5.69. The van der Waals surface area contributed by atoms with Crippen LogP contribution >= 0.6 is 0 Å². The maximum absolute atomic E-state index is 13.2. The van der Waals surface area contributed by atoms with Crippen LogP contribution in [0, 0.1) is 20.8 Å². The molecule has 4 amide bonds. The summed E-state index contributed by atoms with van der Waals surface area (Å²) in [5.41, 5.74) is 4.89. The topological polar surface area (TPSA) is 71.4 Å². The summed E-state index contributed by atoms with van der Waals surface area (Å²) in [6.07, 6.45) is 1.58. The first kappa shape index (κ1) is 18.7. The molecule has 0 spiro atoms. The zero-order chi connectivity index (χ0) is 20.9. The summed E-state index contributed by atoms with van der Waals surface area (Å²) in [4.78, 5) is 39.3. The molecule has 4 rings (SSSR count). The lowest BCUT2D eigenvalue weighted by molar-refractivity contribution is -0.122. The molecule has 3 aromatic rings. The third-order valence-corrected chi connectivity index (χ3v) is 5.66. The number of urea groups is 1. The minimum atomic E-state index is -0.736. The average molecular weight is 387 g/mol. The van der Waals surface area contributed by atoms with E-state index in [4.69, 9.17) is 0 Å². The minimum Gasteiger partial charge on any atom is -0.347 e. The third-order valence-electron chi connectivity index (χ3n) is 5.66. The molecule has 0 radical (unpaired) electrons. The number of anilines is 1.